The van der Waals surface area contributed by atoms with Crippen molar-refractivity contribution >= 4 is 22.1 Å². The lowest BCUT2D eigenvalue weighted by Gasteiger charge is -2.36. The first-order valence-electron chi connectivity index (χ1n) is 8.23. The minimum Gasteiger partial charge on any atom is -0.467 e. The van der Waals surface area contributed by atoms with Crippen LogP contribution in [-0.4, -0.2) is 73.7 Å². The average Bonchev–Trinajstić information content (AvgIpc) is 3.16. The van der Waals surface area contributed by atoms with Gasteiger partial charge >= 0.3 is 12.1 Å². The number of hydrogen-bond donors (Lipinski definition) is 0. The SMILES string of the molecule is COC(=O)C1COC(=O)N1C1CCN(S(=O)(=O)c2c(C)noc2C)CC1. The third-order valence-corrected chi connectivity index (χ3v) is 6.91. The first-order chi connectivity index (χ1) is 12.3. The molecule has 1 aromatic heterocycles. The lowest BCUT2D eigenvalue weighted by atomic mass is 10.0. The van der Waals surface area contributed by atoms with Crippen molar-refractivity contribution in [3.63, 3.8) is 0 Å². The van der Waals surface area contributed by atoms with Crippen LogP contribution in [0.25, 0.3) is 0 Å². The molecule has 2 saturated heterocycles. The normalized spacial score (nSPS) is 22.5. The molecule has 0 radical (unpaired) electrons. The second-order valence-corrected chi connectivity index (χ2v) is 8.19. The molecule has 26 heavy (non-hydrogen) atoms. The van der Waals surface area contributed by atoms with Crippen LogP contribution in [0.1, 0.15) is 24.3 Å². The zero-order valence-electron chi connectivity index (χ0n) is 14.8. The molecule has 1 unspecified atom stereocenters. The lowest BCUT2D eigenvalue weighted by molar-refractivity contribution is -0.145. The number of piperidine rings is 1. The molecule has 144 valence electrons. The summed E-state index contributed by atoms with van der Waals surface area (Å²) in [7, 11) is -2.47. The summed E-state index contributed by atoms with van der Waals surface area (Å²) in [4.78, 5) is 25.3. The number of methoxy groups -OCH3 is 1. The molecule has 0 saturated carbocycles. The van der Waals surface area contributed by atoms with Gasteiger partial charge in [-0.15, -0.1) is 0 Å². The summed E-state index contributed by atoms with van der Waals surface area (Å²) in [6.07, 6.45) is 0.212. The topological polar surface area (TPSA) is 119 Å². The second kappa shape index (κ2) is 6.88. The molecule has 2 fully saturated rings. The number of ether oxygens (including phenoxy) is 2. The largest absolute Gasteiger partial charge is 0.467 e. The Morgan fingerprint density at radius 1 is 1.27 bits per heavy atom. The van der Waals surface area contributed by atoms with Crippen LogP contribution in [0.5, 0.6) is 0 Å². The van der Waals surface area contributed by atoms with Crippen molar-refractivity contribution in [1.29, 1.82) is 0 Å². The van der Waals surface area contributed by atoms with E-state index in [9.17, 15) is 18.0 Å². The third kappa shape index (κ3) is 3.05. The molecule has 0 aliphatic carbocycles. The average molecular weight is 387 g/mol. The highest BCUT2D eigenvalue weighted by atomic mass is 32.2. The molecular formula is C15H21N3O7S. The molecule has 11 heteroatoms. The quantitative estimate of drug-likeness (QED) is 0.683. The second-order valence-electron chi connectivity index (χ2n) is 6.31. The van der Waals surface area contributed by atoms with Crippen LogP contribution >= 0.6 is 0 Å². The molecule has 0 bridgehead atoms. The van der Waals surface area contributed by atoms with Gasteiger partial charge in [0, 0.05) is 19.1 Å². The number of aromatic nitrogens is 1. The van der Waals surface area contributed by atoms with Gasteiger partial charge in [0.25, 0.3) is 0 Å². The predicted molar refractivity (Wildman–Crippen MR) is 86.7 cm³/mol. The number of esters is 1. The highest BCUT2D eigenvalue weighted by Crippen LogP contribution is 2.29. The molecule has 3 rings (SSSR count). The van der Waals surface area contributed by atoms with E-state index in [0.717, 1.165) is 0 Å². The van der Waals surface area contributed by atoms with Gasteiger partial charge in [0.05, 0.1) is 7.11 Å². The highest BCUT2D eigenvalue weighted by Gasteiger charge is 2.45. The number of carbonyl (C=O) groups excluding carboxylic acids is 2. The summed E-state index contributed by atoms with van der Waals surface area (Å²) in [6, 6.07) is -1.08. The molecule has 0 aromatic carbocycles. The number of aryl methyl sites for hydroxylation is 2. The molecule has 0 N–H and O–H groups in total. The van der Waals surface area contributed by atoms with Crippen LogP contribution in [-0.2, 0) is 24.3 Å². The molecule has 3 heterocycles. The summed E-state index contributed by atoms with van der Waals surface area (Å²) < 4.78 is 41.7. The standard InChI is InChI=1S/C15H21N3O7S/c1-9-13(10(2)25-16-9)26(21,22)17-6-4-11(5-7-17)18-12(14(19)23-3)8-24-15(18)20/h11-12H,4-8H2,1-3H3. The Balaban J connectivity index is 1.73. The maximum Gasteiger partial charge on any atom is 0.410 e. The Hall–Kier alpha value is -2.14. The van der Waals surface area contributed by atoms with Gasteiger partial charge in [-0.1, -0.05) is 5.16 Å². The van der Waals surface area contributed by atoms with Gasteiger partial charge < -0.3 is 14.0 Å². The van der Waals surface area contributed by atoms with Crippen molar-refractivity contribution in [1.82, 2.24) is 14.4 Å². The maximum atomic E-state index is 12.8. The van der Waals surface area contributed by atoms with E-state index in [1.54, 1.807) is 13.8 Å². The number of rotatable bonds is 4. The first-order valence-corrected chi connectivity index (χ1v) is 9.67. The van der Waals surface area contributed by atoms with Gasteiger partial charge in [-0.2, -0.15) is 4.31 Å². The van der Waals surface area contributed by atoms with Crippen LogP contribution < -0.4 is 0 Å². The summed E-state index contributed by atoms with van der Waals surface area (Å²) in [6.45, 7) is 3.52. The van der Waals surface area contributed by atoms with Crippen LogP contribution in [0, 0.1) is 13.8 Å². The maximum absolute atomic E-state index is 12.8. The van der Waals surface area contributed by atoms with E-state index in [4.69, 9.17) is 14.0 Å². The minimum atomic E-state index is -3.72. The number of amides is 1. The van der Waals surface area contributed by atoms with Gasteiger partial charge in [-0.3, -0.25) is 4.90 Å². The van der Waals surface area contributed by atoms with E-state index in [0.29, 0.717) is 18.5 Å². The van der Waals surface area contributed by atoms with E-state index >= 15 is 0 Å². The molecule has 2 aliphatic heterocycles. The molecule has 1 amide bonds. The Kier molecular flexibility index (Phi) is 4.93. The minimum absolute atomic E-state index is 0.0525. The fourth-order valence-corrected chi connectivity index (χ4v) is 5.25. The highest BCUT2D eigenvalue weighted by molar-refractivity contribution is 7.89. The van der Waals surface area contributed by atoms with E-state index in [2.05, 4.69) is 5.16 Å². The molecule has 0 spiro atoms. The monoisotopic (exact) mass is 387 g/mol. The molecule has 2 aliphatic rings. The van der Waals surface area contributed by atoms with Crippen molar-refractivity contribution in [2.24, 2.45) is 0 Å². The van der Waals surface area contributed by atoms with E-state index in [1.807, 2.05) is 0 Å². The Bertz CT molecular complexity index is 792. The summed E-state index contributed by atoms with van der Waals surface area (Å²) in [5, 5.41) is 3.70. The fraction of sp³-hybridized carbons (Fsp3) is 0.667. The number of cyclic esters (lactones) is 1. The van der Waals surface area contributed by atoms with Crippen molar-refractivity contribution in [2.45, 2.75) is 43.7 Å². The summed E-state index contributed by atoms with van der Waals surface area (Å²) in [5.41, 5.74) is 0.318. The van der Waals surface area contributed by atoms with E-state index in [-0.39, 0.29) is 36.4 Å². The number of carbonyl (C=O) groups is 2. The van der Waals surface area contributed by atoms with Crippen molar-refractivity contribution < 1.29 is 32.0 Å². The fourth-order valence-electron chi connectivity index (χ4n) is 3.49. The Morgan fingerprint density at radius 2 is 1.92 bits per heavy atom. The van der Waals surface area contributed by atoms with Crippen LogP contribution in [0.2, 0.25) is 0 Å². The van der Waals surface area contributed by atoms with Crippen LogP contribution in [0.3, 0.4) is 0 Å². The van der Waals surface area contributed by atoms with E-state index < -0.39 is 28.1 Å². The van der Waals surface area contributed by atoms with Crippen molar-refractivity contribution in [2.75, 3.05) is 26.8 Å². The molecule has 1 aromatic rings. The summed E-state index contributed by atoms with van der Waals surface area (Å²) in [5.74, 6) is -0.292. The number of hydrogen-bond acceptors (Lipinski definition) is 8. The van der Waals surface area contributed by atoms with Crippen LogP contribution in [0.4, 0.5) is 4.79 Å². The van der Waals surface area contributed by atoms with Gasteiger partial charge in [0.2, 0.25) is 10.0 Å². The molecule has 10 nitrogen and oxygen atoms in total. The summed E-state index contributed by atoms with van der Waals surface area (Å²) >= 11 is 0. The first kappa shape index (κ1) is 18.6. The van der Waals surface area contributed by atoms with Crippen LogP contribution in [0.15, 0.2) is 9.42 Å². The smallest absolute Gasteiger partial charge is 0.410 e. The van der Waals surface area contributed by atoms with Gasteiger partial charge in [-0.05, 0) is 26.7 Å². The number of nitrogens with zero attached hydrogens (tertiary/aromatic N) is 3. The van der Waals surface area contributed by atoms with Crippen molar-refractivity contribution in [3.8, 4) is 0 Å². The number of sulfonamides is 1. The van der Waals surface area contributed by atoms with Gasteiger partial charge in [0.15, 0.2) is 11.8 Å². The predicted octanol–water partition coefficient (Wildman–Crippen LogP) is 0.438. The van der Waals surface area contributed by atoms with Crippen molar-refractivity contribution in [3.05, 3.63) is 11.5 Å². The zero-order valence-corrected chi connectivity index (χ0v) is 15.6. The third-order valence-electron chi connectivity index (χ3n) is 4.77. The van der Waals surface area contributed by atoms with E-state index in [1.165, 1.54) is 16.3 Å². The van der Waals surface area contributed by atoms with Gasteiger partial charge in [-0.25, -0.2) is 18.0 Å². The lowest BCUT2D eigenvalue weighted by Crippen LogP contribution is -2.51. The molecular weight excluding hydrogens is 366 g/mol. The van der Waals surface area contributed by atoms with Gasteiger partial charge in [0.1, 0.15) is 17.2 Å². The Morgan fingerprint density at radius 3 is 2.46 bits per heavy atom. The zero-order chi connectivity index (χ0) is 19.1. The Labute approximate surface area is 151 Å². The molecule has 1 atom stereocenters.